The number of aromatic nitrogens is 5. The van der Waals surface area contributed by atoms with Crippen LogP contribution in [0.5, 0.6) is 0 Å². The van der Waals surface area contributed by atoms with Crippen molar-refractivity contribution >= 4 is 48.8 Å². The highest BCUT2D eigenvalue weighted by atomic mass is 32.2. The van der Waals surface area contributed by atoms with E-state index in [1.807, 2.05) is 75.8 Å². The number of benzene rings is 2. The SMILES string of the molecule is C=C/C(=C\C(=C/C)c1ccc2[nH]nc(-c3nc4c(-c5cc(F)cc(CNS(=C)(=C)C)c5)cccc4[nH]3)c2n1)CN(C)C. The Morgan fingerprint density at radius 3 is 2.60 bits per heavy atom. The highest BCUT2D eigenvalue weighted by molar-refractivity contribution is 8.25. The van der Waals surface area contributed by atoms with Crippen LogP contribution in [0.25, 0.3) is 50.3 Å². The van der Waals surface area contributed by atoms with Gasteiger partial charge in [0.05, 0.1) is 22.2 Å². The smallest absolute Gasteiger partial charge is 0.161 e. The van der Waals surface area contributed by atoms with Gasteiger partial charge in [0.15, 0.2) is 11.5 Å². The number of fused-ring (bicyclic) bond motifs is 2. The molecule has 7 nitrogen and oxygen atoms in total. The van der Waals surface area contributed by atoms with Gasteiger partial charge in [-0.05, 0) is 92.0 Å². The van der Waals surface area contributed by atoms with Gasteiger partial charge in [0, 0.05) is 18.7 Å². The summed E-state index contributed by atoms with van der Waals surface area (Å²) in [5.41, 5.74) is 8.97. The van der Waals surface area contributed by atoms with Crippen LogP contribution in [0.1, 0.15) is 18.2 Å². The van der Waals surface area contributed by atoms with E-state index in [0.29, 0.717) is 23.6 Å². The number of likely N-dealkylation sites (N-methyl/N-ethyl adjacent to an activating group) is 1. The second-order valence-electron chi connectivity index (χ2n) is 10.8. The Morgan fingerprint density at radius 2 is 1.88 bits per heavy atom. The topological polar surface area (TPSA) is 85.5 Å². The lowest BCUT2D eigenvalue weighted by atomic mass is 10.0. The molecule has 2 aromatic carbocycles. The molecule has 0 saturated carbocycles. The first-order valence-corrected chi connectivity index (χ1v) is 15.9. The first kappa shape index (κ1) is 29.2. The van der Waals surface area contributed by atoms with Crippen LogP contribution in [0.2, 0.25) is 0 Å². The molecule has 216 valence electrons. The van der Waals surface area contributed by atoms with Crippen molar-refractivity contribution in [3.05, 3.63) is 96.0 Å². The first-order chi connectivity index (χ1) is 20.0. The zero-order valence-corrected chi connectivity index (χ0v) is 25.3. The minimum absolute atomic E-state index is 0.309. The molecule has 3 N–H and O–H groups in total. The van der Waals surface area contributed by atoms with Crippen LogP contribution in [-0.2, 0) is 6.54 Å². The minimum Gasteiger partial charge on any atom is -0.336 e. The van der Waals surface area contributed by atoms with Gasteiger partial charge in [-0.1, -0.05) is 42.6 Å². The molecule has 0 saturated heterocycles. The van der Waals surface area contributed by atoms with E-state index in [2.05, 4.69) is 49.2 Å². The molecular formula is C33H36FN7S. The molecule has 0 amide bonds. The quantitative estimate of drug-likeness (QED) is 0.126. The monoisotopic (exact) mass is 581 g/mol. The lowest BCUT2D eigenvalue weighted by molar-refractivity contribution is 0.449. The van der Waals surface area contributed by atoms with E-state index >= 15 is 0 Å². The fourth-order valence-corrected chi connectivity index (χ4v) is 5.32. The first-order valence-electron chi connectivity index (χ1n) is 13.5. The third kappa shape index (κ3) is 6.44. The summed E-state index contributed by atoms with van der Waals surface area (Å²) in [7, 11) is 2.63. The predicted octanol–water partition coefficient (Wildman–Crippen LogP) is 6.69. The van der Waals surface area contributed by atoms with E-state index in [1.165, 1.54) is 12.1 Å². The molecule has 42 heavy (non-hydrogen) atoms. The molecule has 0 aliphatic rings. The summed E-state index contributed by atoms with van der Waals surface area (Å²) in [4.78, 5) is 15.4. The molecule has 0 radical (unpaired) electrons. The van der Waals surface area contributed by atoms with E-state index in [1.54, 1.807) is 0 Å². The summed E-state index contributed by atoms with van der Waals surface area (Å²) < 4.78 is 18.0. The lowest BCUT2D eigenvalue weighted by Crippen LogP contribution is -2.14. The largest absolute Gasteiger partial charge is 0.336 e. The zero-order valence-electron chi connectivity index (χ0n) is 24.5. The van der Waals surface area contributed by atoms with Gasteiger partial charge < -0.3 is 9.88 Å². The average Bonchev–Trinajstić information content (AvgIpc) is 3.57. The average molecular weight is 582 g/mol. The normalized spacial score (nSPS) is 13.0. The second kappa shape index (κ2) is 11.9. The van der Waals surface area contributed by atoms with Crippen LogP contribution in [0.15, 0.2) is 78.9 Å². The third-order valence-electron chi connectivity index (χ3n) is 6.75. The fourth-order valence-electron chi connectivity index (χ4n) is 4.81. The molecule has 5 rings (SSSR count). The maximum absolute atomic E-state index is 14.7. The maximum Gasteiger partial charge on any atom is 0.161 e. The molecule has 0 aliphatic heterocycles. The predicted molar refractivity (Wildman–Crippen MR) is 179 cm³/mol. The van der Waals surface area contributed by atoms with Gasteiger partial charge in [0.25, 0.3) is 0 Å². The van der Waals surface area contributed by atoms with Crippen molar-refractivity contribution in [1.29, 1.82) is 0 Å². The van der Waals surface area contributed by atoms with E-state index in [4.69, 9.17) is 9.97 Å². The van der Waals surface area contributed by atoms with Gasteiger partial charge in [-0.15, -0.1) is 0 Å². The van der Waals surface area contributed by atoms with Gasteiger partial charge in [-0.2, -0.15) is 14.5 Å². The molecule has 0 unspecified atom stereocenters. The Hall–Kier alpha value is -4.31. The highest BCUT2D eigenvalue weighted by Crippen LogP contribution is 2.32. The van der Waals surface area contributed by atoms with Crippen molar-refractivity contribution in [2.45, 2.75) is 13.5 Å². The number of pyridine rings is 1. The third-order valence-corrected chi connectivity index (χ3v) is 7.59. The van der Waals surface area contributed by atoms with Gasteiger partial charge in [0.1, 0.15) is 11.3 Å². The van der Waals surface area contributed by atoms with Crippen molar-refractivity contribution in [3.8, 4) is 22.6 Å². The second-order valence-corrected chi connectivity index (χ2v) is 13.6. The number of allylic oxidation sites excluding steroid dienone is 3. The Bertz CT molecular complexity index is 1960. The number of para-hydroxylation sites is 1. The summed E-state index contributed by atoms with van der Waals surface area (Å²) in [6.45, 7) is 7.22. The molecule has 3 heterocycles. The van der Waals surface area contributed by atoms with E-state index < -0.39 is 9.39 Å². The fraction of sp³-hybridized carbons (Fsp3) is 0.182. The molecular weight excluding hydrogens is 545 g/mol. The van der Waals surface area contributed by atoms with Crippen LogP contribution in [-0.4, -0.2) is 68.7 Å². The molecule has 0 atom stereocenters. The van der Waals surface area contributed by atoms with Crippen molar-refractivity contribution in [2.75, 3.05) is 26.9 Å². The molecule has 0 fully saturated rings. The van der Waals surface area contributed by atoms with Crippen LogP contribution in [0.4, 0.5) is 4.39 Å². The number of aromatic amines is 2. The number of rotatable bonds is 10. The Labute approximate surface area is 246 Å². The van der Waals surface area contributed by atoms with Crippen molar-refractivity contribution in [2.24, 2.45) is 0 Å². The maximum atomic E-state index is 14.7. The lowest BCUT2D eigenvalue weighted by Gasteiger charge is -2.12. The zero-order chi connectivity index (χ0) is 30.0. The van der Waals surface area contributed by atoms with Crippen molar-refractivity contribution < 1.29 is 4.39 Å². The minimum atomic E-state index is -1.43. The van der Waals surface area contributed by atoms with Crippen molar-refractivity contribution in [3.63, 3.8) is 0 Å². The van der Waals surface area contributed by atoms with Crippen LogP contribution >= 0.6 is 9.39 Å². The summed E-state index contributed by atoms with van der Waals surface area (Å²) in [5, 5.41) is 7.65. The molecule has 3 aromatic heterocycles. The van der Waals surface area contributed by atoms with Crippen LogP contribution in [0.3, 0.4) is 0 Å². The van der Waals surface area contributed by atoms with E-state index in [0.717, 1.165) is 56.6 Å². The standard InChI is InChI=1S/C33H36FN7S/c1-8-21(20-41(3)4)15-23(9-2)27-13-14-29-31(36-27)32(40-39-29)33-37-28-12-10-11-26(30(28)38-33)24-16-22(17-25(34)18-24)19-35-42(5,6)7/h8-18,35H,1,5-6,19-20H2,2-4,7H3,(H,37,38)(H,39,40)/b21-15+,23-9+. The van der Waals surface area contributed by atoms with Gasteiger partial charge in [-0.3, -0.25) is 9.82 Å². The number of nitrogens with one attached hydrogen (secondary N) is 3. The number of hydrogen-bond donors (Lipinski definition) is 3. The number of H-pyrrole nitrogens is 2. The Balaban J connectivity index is 1.56. The number of hydrogen-bond acceptors (Lipinski definition) is 5. The number of imidazole rings is 1. The van der Waals surface area contributed by atoms with E-state index in [9.17, 15) is 4.39 Å². The number of halogens is 1. The molecule has 5 aromatic rings. The molecule has 0 spiro atoms. The number of nitrogens with zero attached hydrogens (tertiary/aromatic N) is 4. The van der Waals surface area contributed by atoms with Crippen molar-refractivity contribution in [1.82, 2.24) is 34.8 Å². The summed E-state index contributed by atoms with van der Waals surface area (Å²) in [5.74, 6) is 8.38. The summed E-state index contributed by atoms with van der Waals surface area (Å²) >= 11 is 0. The molecule has 9 heteroatoms. The van der Waals surface area contributed by atoms with Crippen LogP contribution in [0, 0.1) is 5.82 Å². The summed E-state index contributed by atoms with van der Waals surface area (Å²) in [6.07, 6.45) is 7.97. The van der Waals surface area contributed by atoms with Crippen LogP contribution < -0.4 is 4.72 Å². The Kier molecular flexibility index (Phi) is 8.27. The highest BCUT2D eigenvalue weighted by Gasteiger charge is 2.17. The Morgan fingerprint density at radius 1 is 1.07 bits per heavy atom. The summed E-state index contributed by atoms with van der Waals surface area (Å²) in [6, 6.07) is 14.8. The van der Waals surface area contributed by atoms with Gasteiger partial charge in [0.2, 0.25) is 0 Å². The van der Waals surface area contributed by atoms with Gasteiger partial charge >= 0.3 is 0 Å². The van der Waals surface area contributed by atoms with Gasteiger partial charge in [-0.25, -0.2) is 14.4 Å². The molecule has 0 aliphatic carbocycles. The van der Waals surface area contributed by atoms with E-state index in [-0.39, 0.29) is 5.82 Å². The molecule has 0 bridgehead atoms.